The van der Waals surface area contributed by atoms with E-state index in [1.807, 2.05) is 0 Å². The molecule has 0 aliphatic heterocycles. The molecule has 1 aromatic carbocycles. The summed E-state index contributed by atoms with van der Waals surface area (Å²) in [7, 11) is -4.00. The van der Waals surface area contributed by atoms with Crippen LogP contribution in [-0.4, -0.2) is 18.4 Å². The minimum Gasteiger partial charge on any atom is -0.245 e. The normalized spacial score (nSPS) is 11.0. The quantitative estimate of drug-likeness (QED) is 0.905. The average molecular weight is 292 g/mol. The Balaban J connectivity index is 2.28. The number of nitriles is 1. The van der Waals surface area contributed by atoms with Crippen LogP contribution in [0.3, 0.4) is 0 Å². The molecule has 0 atom stereocenters. The van der Waals surface area contributed by atoms with Crippen LogP contribution in [0.1, 0.15) is 11.3 Å². The van der Waals surface area contributed by atoms with Crippen molar-refractivity contribution in [1.29, 1.82) is 5.26 Å². The Morgan fingerprint density at radius 1 is 1.35 bits per heavy atom. The molecule has 1 N–H and O–H groups in total. The smallest absolute Gasteiger partial charge is 0.242 e. The fraction of sp³-hybridized carbons (Fsp3) is 0.0833. The lowest BCUT2D eigenvalue weighted by Crippen LogP contribution is -2.24. The van der Waals surface area contributed by atoms with Gasteiger partial charge in [-0.2, -0.15) is 5.26 Å². The molecule has 0 bridgehead atoms. The lowest BCUT2D eigenvalue weighted by molar-refractivity contribution is 0.575. The summed E-state index contributed by atoms with van der Waals surface area (Å²) in [5.41, 5.74) is -0.0545. The zero-order valence-corrected chi connectivity index (χ0v) is 10.9. The molecule has 6 nitrogen and oxygen atoms in total. The van der Waals surface area contributed by atoms with E-state index in [1.165, 1.54) is 24.7 Å². The van der Waals surface area contributed by atoms with Crippen molar-refractivity contribution in [3.63, 3.8) is 0 Å². The van der Waals surface area contributed by atoms with Crippen LogP contribution in [0.15, 0.2) is 41.7 Å². The molecule has 8 heteroatoms. The number of rotatable bonds is 4. The predicted octanol–water partition coefficient (Wildman–Crippen LogP) is 0.966. The van der Waals surface area contributed by atoms with E-state index in [0.29, 0.717) is 5.69 Å². The highest BCUT2D eigenvalue weighted by molar-refractivity contribution is 7.89. The summed E-state index contributed by atoms with van der Waals surface area (Å²) >= 11 is 0. The van der Waals surface area contributed by atoms with E-state index < -0.39 is 26.3 Å². The van der Waals surface area contributed by atoms with Gasteiger partial charge in [0.25, 0.3) is 0 Å². The van der Waals surface area contributed by atoms with Crippen molar-refractivity contribution in [1.82, 2.24) is 14.7 Å². The lowest BCUT2D eigenvalue weighted by Gasteiger charge is -2.08. The third-order valence-electron chi connectivity index (χ3n) is 2.46. The van der Waals surface area contributed by atoms with Crippen LogP contribution >= 0.6 is 0 Å². The average Bonchev–Trinajstić information content (AvgIpc) is 2.46. The molecule has 0 saturated carbocycles. The minimum atomic E-state index is -4.00. The standard InChI is InChI=1S/C12H9FN4O2S/c13-11-2-1-3-12(10(11)6-14)20(18,19)17-7-9-4-5-15-8-16-9/h1-5,8,17H,7H2. The molecule has 0 unspecified atom stereocenters. The largest absolute Gasteiger partial charge is 0.245 e. The van der Waals surface area contributed by atoms with Gasteiger partial charge in [0.05, 0.1) is 12.2 Å². The molecule has 20 heavy (non-hydrogen) atoms. The highest BCUT2D eigenvalue weighted by atomic mass is 32.2. The van der Waals surface area contributed by atoms with E-state index in [0.717, 1.165) is 6.07 Å². The first-order valence-electron chi connectivity index (χ1n) is 5.48. The highest BCUT2D eigenvalue weighted by Crippen LogP contribution is 2.17. The Labute approximate surface area is 115 Å². The fourth-order valence-electron chi connectivity index (χ4n) is 1.51. The SMILES string of the molecule is N#Cc1c(F)cccc1S(=O)(=O)NCc1ccncn1. The summed E-state index contributed by atoms with van der Waals surface area (Å²) in [6, 6.07) is 6.52. The second-order valence-corrected chi connectivity index (χ2v) is 5.49. The number of hydrogen-bond acceptors (Lipinski definition) is 5. The van der Waals surface area contributed by atoms with Crippen molar-refractivity contribution in [2.24, 2.45) is 0 Å². The van der Waals surface area contributed by atoms with Crippen LogP contribution < -0.4 is 4.72 Å². The van der Waals surface area contributed by atoms with E-state index in [2.05, 4.69) is 14.7 Å². The molecule has 1 heterocycles. The molecular weight excluding hydrogens is 283 g/mol. The number of sulfonamides is 1. The van der Waals surface area contributed by atoms with Crippen LogP contribution in [-0.2, 0) is 16.6 Å². The van der Waals surface area contributed by atoms with Crippen LogP contribution in [0.2, 0.25) is 0 Å². The van der Waals surface area contributed by atoms with E-state index in [1.54, 1.807) is 12.1 Å². The van der Waals surface area contributed by atoms with Crippen LogP contribution in [0.25, 0.3) is 0 Å². The molecule has 0 amide bonds. The lowest BCUT2D eigenvalue weighted by atomic mass is 10.2. The summed E-state index contributed by atoms with van der Waals surface area (Å²) in [6.45, 7) is -0.0771. The Morgan fingerprint density at radius 3 is 2.80 bits per heavy atom. The Kier molecular flexibility index (Phi) is 4.02. The Morgan fingerprint density at radius 2 is 2.15 bits per heavy atom. The monoisotopic (exact) mass is 292 g/mol. The summed E-state index contributed by atoms with van der Waals surface area (Å²) in [4.78, 5) is 7.17. The van der Waals surface area contributed by atoms with Crippen molar-refractivity contribution in [2.75, 3.05) is 0 Å². The maximum absolute atomic E-state index is 13.4. The first-order valence-corrected chi connectivity index (χ1v) is 6.96. The molecule has 0 spiro atoms. The zero-order chi connectivity index (χ0) is 14.6. The van der Waals surface area contributed by atoms with E-state index >= 15 is 0 Å². The summed E-state index contributed by atoms with van der Waals surface area (Å²) < 4.78 is 39.8. The molecule has 2 aromatic rings. The topological polar surface area (TPSA) is 95.7 Å². The van der Waals surface area contributed by atoms with E-state index in [-0.39, 0.29) is 6.54 Å². The zero-order valence-electron chi connectivity index (χ0n) is 10.1. The number of benzene rings is 1. The second kappa shape index (κ2) is 5.73. The third kappa shape index (κ3) is 2.96. The van der Waals surface area contributed by atoms with Gasteiger partial charge in [-0.1, -0.05) is 6.07 Å². The van der Waals surface area contributed by atoms with Crippen molar-refractivity contribution in [3.05, 3.63) is 53.9 Å². The number of halogens is 1. The molecule has 0 fully saturated rings. The first-order chi connectivity index (χ1) is 9.54. The van der Waals surface area contributed by atoms with Crippen LogP contribution in [0.5, 0.6) is 0 Å². The van der Waals surface area contributed by atoms with Crippen LogP contribution in [0, 0.1) is 17.1 Å². The molecular formula is C12H9FN4O2S. The van der Waals surface area contributed by atoms with Gasteiger partial charge in [-0.3, -0.25) is 0 Å². The highest BCUT2D eigenvalue weighted by Gasteiger charge is 2.20. The van der Waals surface area contributed by atoms with Gasteiger partial charge < -0.3 is 0 Å². The number of aromatic nitrogens is 2. The molecule has 0 radical (unpaired) electrons. The van der Waals surface area contributed by atoms with Gasteiger partial charge in [0.2, 0.25) is 10.0 Å². The third-order valence-corrected chi connectivity index (χ3v) is 3.91. The molecule has 0 aliphatic rings. The van der Waals surface area contributed by atoms with Gasteiger partial charge in [-0.15, -0.1) is 0 Å². The van der Waals surface area contributed by atoms with Gasteiger partial charge >= 0.3 is 0 Å². The molecule has 0 saturated heterocycles. The van der Waals surface area contributed by atoms with Gasteiger partial charge in [0, 0.05) is 6.20 Å². The van der Waals surface area contributed by atoms with Crippen molar-refractivity contribution < 1.29 is 12.8 Å². The predicted molar refractivity (Wildman–Crippen MR) is 67.2 cm³/mol. The maximum Gasteiger partial charge on any atom is 0.242 e. The van der Waals surface area contributed by atoms with E-state index in [4.69, 9.17) is 5.26 Å². The summed E-state index contributed by atoms with van der Waals surface area (Å²) in [5.74, 6) is -0.877. The number of nitrogens with one attached hydrogen (secondary N) is 1. The molecule has 1 aromatic heterocycles. The molecule has 0 aliphatic carbocycles. The van der Waals surface area contributed by atoms with Crippen molar-refractivity contribution in [3.8, 4) is 6.07 Å². The van der Waals surface area contributed by atoms with Crippen LogP contribution in [0.4, 0.5) is 4.39 Å². The minimum absolute atomic E-state index is 0.0771. The molecule has 2 rings (SSSR count). The number of nitrogens with zero attached hydrogens (tertiary/aromatic N) is 3. The summed E-state index contributed by atoms with van der Waals surface area (Å²) in [5, 5.41) is 8.85. The van der Waals surface area contributed by atoms with Gasteiger partial charge in [-0.25, -0.2) is 27.5 Å². The van der Waals surface area contributed by atoms with Gasteiger partial charge in [0.15, 0.2) is 0 Å². The van der Waals surface area contributed by atoms with Gasteiger partial charge in [-0.05, 0) is 18.2 Å². The first kappa shape index (κ1) is 14.0. The van der Waals surface area contributed by atoms with E-state index in [9.17, 15) is 12.8 Å². The molecule has 102 valence electrons. The Hall–Kier alpha value is -2.37. The fourth-order valence-corrected chi connectivity index (χ4v) is 2.67. The van der Waals surface area contributed by atoms with Gasteiger partial charge in [0.1, 0.15) is 28.7 Å². The summed E-state index contributed by atoms with van der Waals surface area (Å²) in [6.07, 6.45) is 2.76. The number of hydrogen-bond donors (Lipinski definition) is 1. The van der Waals surface area contributed by atoms with Crippen molar-refractivity contribution in [2.45, 2.75) is 11.4 Å². The Bertz CT molecular complexity index is 757. The van der Waals surface area contributed by atoms with Crippen molar-refractivity contribution >= 4 is 10.0 Å². The second-order valence-electron chi connectivity index (χ2n) is 3.75. The maximum atomic E-state index is 13.4.